The molecule has 0 N–H and O–H groups in total. The molecule has 5 nitrogen and oxygen atoms in total. The molecule has 1 fully saturated rings. The Labute approximate surface area is 145 Å². The summed E-state index contributed by atoms with van der Waals surface area (Å²) in [4.78, 5) is 16.8. The molecular formula is C18H16ClN3O2. The summed E-state index contributed by atoms with van der Waals surface area (Å²) >= 11 is 6.03. The van der Waals surface area contributed by atoms with Crippen molar-refractivity contribution in [1.29, 1.82) is 5.26 Å². The lowest BCUT2D eigenvalue weighted by molar-refractivity contribution is -0.132. The van der Waals surface area contributed by atoms with Gasteiger partial charge in [0.1, 0.15) is 17.9 Å². The smallest absolute Gasteiger partial charge is 0.212 e. The van der Waals surface area contributed by atoms with Gasteiger partial charge in [0.25, 0.3) is 0 Å². The zero-order valence-electron chi connectivity index (χ0n) is 13.4. The number of amides is 1. The van der Waals surface area contributed by atoms with Crippen LogP contribution in [0.2, 0.25) is 5.02 Å². The van der Waals surface area contributed by atoms with Crippen LogP contribution < -0.4 is 0 Å². The Morgan fingerprint density at radius 1 is 1.38 bits per heavy atom. The number of rotatable bonds is 3. The number of ether oxygens (including phenoxy) is 1. The summed E-state index contributed by atoms with van der Waals surface area (Å²) in [5, 5.41) is 9.22. The molecule has 6 heteroatoms. The van der Waals surface area contributed by atoms with Gasteiger partial charge in [-0.15, -0.1) is 0 Å². The molecule has 1 amide bonds. The summed E-state index contributed by atoms with van der Waals surface area (Å²) in [7, 11) is 0. The van der Waals surface area contributed by atoms with Crippen LogP contribution in [0.4, 0.5) is 0 Å². The summed E-state index contributed by atoms with van der Waals surface area (Å²) in [5.74, 6) is 0. The standard InChI is InChI=1S/C18H16ClN3O2/c1-18(2)22(11-23)10-17(24-18)13-5-3-12(4-6-13)14-7-15(19)16(8-20)21-9-14/h3-7,9,11,17H,10H2,1-2H3. The highest BCUT2D eigenvalue weighted by Crippen LogP contribution is 2.35. The van der Waals surface area contributed by atoms with Crippen molar-refractivity contribution in [2.45, 2.75) is 25.7 Å². The van der Waals surface area contributed by atoms with Crippen molar-refractivity contribution in [2.24, 2.45) is 0 Å². The highest BCUT2D eigenvalue weighted by Gasteiger charge is 2.39. The van der Waals surface area contributed by atoms with Gasteiger partial charge in [0, 0.05) is 11.8 Å². The van der Waals surface area contributed by atoms with E-state index in [9.17, 15) is 4.79 Å². The van der Waals surface area contributed by atoms with Gasteiger partial charge in [0.05, 0.1) is 11.6 Å². The highest BCUT2D eigenvalue weighted by atomic mass is 35.5. The minimum Gasteiger partial charge on any atom is -0.346 e. The molecule has 3 rings (SSSR count). The van der Waals surface area contributed by atoms with E-state index < -0.39 is 5.72 Å². The average molecular weight is 342 g/mol. The Balaban J connectivity index is 1.83. The van der Waals surface area contributed by atoms with Crippen molar-refractivity contribution in [3.63, 3.8) is 0 Å². The SMILES string of the molecule is CC1(C)OC(c2ccc(-c3cnc(C#N)c(Cl)c3)cc2)CN1C=O. The summed E-state index contributed by atoms with van der Waals surface area (Å²) in [6, 6.07) is 11.5. The van der Waals surface area contributed by atoms with Crippen LogP contribution in [0, 0.1) is 11.3 Å². The Bertz CT molecular complexity index is 812. The van der Waals surface area contributed by atoms with Crippen molar-refractivity contribution in [2.75, 3.05) is 6.54 Å². The summed E-state index contributed by atoms with van der Waals surface area (Å²) in [6.07, 6.45) is 2.29. The normalized spacial score (nSPS) is 19.1. The summed E-state index contributed by atoms with van der Waals surface area (Å²) in [5.41, 5.74) is 2.40. The molecule has 0 bridgehead atoms. The van der Waals surface area contributed by atoms with Gasteiger partial charge in [0.15, 0.2) is 5.69 Å². The van der Waals surface area contributed by atoms with Crippen LogP contribution in [0.15, 0.2) is 36.5 Å². The van der Waals surface area contributed by atoms with Crippen LogP contribution in [0.3, 0.4) is 0 Å². The number of carbonyl (C=O) groups excluding carboxylic acids is 1. The molecular weight excluding hydrogens is 326 g/mol. The number of hydrogen-bond acceptors (Lipinski definition) is 4. The number of hydrogen-bond donors (Lipinski definition) is 0. The van der Waals surface area contributed by atoms with Gasteiger partial charge in [-0.2, -0.15) is 5.26 Å². The molecule has 1 saturated heterocycles. The molecule has 2 aromatic rings. The fourth-order valence-electron chi connectivity index (χ4n) is 2.76. The quantitative estimate of drug-likeness (QED) is 0.801. The second kappa shape index (κ2) is 6.23. The number of aromatic nitrogens is 1. The third-order valence-corrected chi connectivity index (χ3v) is 4.46. The van der Waals surface area contributed by atoms with Crippen LogP contribution in [0.25, 0.3) is 11.1 Å². The molecule has 0 saturated carbocycles. The molecule has 1 atom stereocenters. The van der Waals surface area contributed by atoms with E-state index in [1.54, 1.807) is 17.2 Å². The first-order valence-electron chi connectivity index (χ1n) is 7.50. The molecule has 0 aliphatic carbocycles. The predicted molar refractivity (Wildman–Crippen MR) is 90.1 cm³/mol. The zero-order valence-corrected chi connectivity index (χ0v) is 14.1. The van der Waals surface area contributed by atoms with Crippen molar-refractivity contribution in [1.82, 2.24) is 9.88 Å². The molecule has 2 heterocycles. The van der Waals surface area contributed by atoms with Gasteiger partial charge in [-0.1, -0.05) is 35.9 Å². The summed E-state index contributed by atoms with van der Waals surface area (Å²) < 4.78 is 5.96. The Morgan fingerprint density at radius 3 is 2.62 bits per heavy atom. The maximum Gasteiger partial charge on any atom is 0.212 e. The predicted octanol–water partition coefficient (Wildman–Crippen LogP) is 3.54. The van der Waals surface area contributed by atoms with E-state index in [0.717, 1.165) is 23.1 Å². The summed E-state index contributed by atoms with van der Waals surface area (Å²) in [6.45, 7) is 4.28. The van der Waals surface area contributed by atoms with E-state index in [2.05, 4.69) is 4.98 Å². The lowest BCUT2D eigenvalue weighted by Crippen LogP contribution is -2.37. The van der Waals surface area contributed by atoms with Gasteiger partial charge >= 0.3 is 0 Å². The highest BCUT2D eigenvalue weighted by molar-refractivity contribution is 6.31. The molecule has 1 aliphatic rings. The second-order valence-corrected chi connectivity index (χ2v) is 6.51. The van der Waals surface area contributed by atoms with Gasteiger partial charge in [0.2, 0.25) is 6.41 Å². The molecule has 0 radical (unpaired) electrons. The Morgan fingerprint density at radius 2 is 2.08 bits per heavy atom. The molecule has 1 aromatic heterocycles. The number of carbonyl (C=O) groups is 1. The number of pyridine rings is 1. The topological polar surface area (TPSA) is 66.2 Å². The zero-order chi connectivity index (χ0) is 17.3. The number of benzene rings is 1. The van der Waals surface area contributed by atoms with E-state index in [-0.39, 0.29) is 11.8 Å². The van der Waals surface area contributed by atoms with Crippen LogP contribution in [0.1, 0.15) is 31.2 Å². The van der Waals surface area contributed by atoms with E-state index in [0.29, 0.717) is 11.6 Å². The van der Waals surface area contributed by atoms with Gasteiger partial charge in [-0.05, 0) is 31.0 Å². The van der Waals surface area contributed by atoms with Gasteiger partial charge < -0.3 is 9.64 Å². The van der Waals surface area contributed by atoms with Gasteiger partial charge in [-0.3, -0.25) is 4.79 Å². The van der Waals surface area contributed by atoms with Crippen LogP contribution >= 0.6 is 11.6 Å². The fourth-order valence-corrected chi connectivity index (χ4v) is 2.97. The van der Waals surface area contributed by atoms with E-state index in [4.69, 9.17) is 21.6 Å². The lowest BCUT2D eigenvalue weighted by Gasteiger charge is -2.25. The molecule has 1 unspecified atom stereocenters. The fraction of sp³-hybridized carbons (Fsp3) is 0.278. The first kappa shape index (κ1) is 16.4. The Hall–Kier alpha value is -2.42. The largest absolute Gasteiger partial charge is 0.346 e. The van der Waals surface area contributed by atoms with Crippen LogP contribution in [-0.4, -0.2) is 28.6 Å². The van der Waals surface area contributed by atoms with Crippen molar-refractivity contribution in [3.05, 3.63) is 52.8 Å². The van der Waals surface area contributed by atoms with Crippen molar-refractivity contribution < 1.29 is 9.53 Å². The molecule has 1 aliphatic heterocycles. The van der Waals surface area contributed by atoms with Crippen molar-refractivity contribution in [3.8, 4) is 17.2 Å². The minimum atomic E-state index is -0.602. The second-order valence-electron chi connectivity index (χ2n) is 6.10. The van der Waals surface area contributed by atoms with Crippen molar-refractivity contribution >= 4 is 18.0 Å². The molecule has 1 aromatic carbocycles. The average Bonchev–Trinajstić information content (AvgIpc) is 2.89. The number of nitrogens with zero attached hydrogens (tertiary/aromatic N) is 3. The van der Waals surface area contributed by atoms with Gasteiger partial charge in [-0.25, -0.2) is 4.98 Å². The van der Waals surface area contributed by atoms with E-state index >= 15 is 0 Å². The maximum atomic E-state index is 11.1. The third-order valence-electron chi connectivity index (χ3n) is 4.17. The Kier molecular flexibility index (Phi) is 4.27. The number of halogens is 1. The lowest BCUT2D eigenvalue weighted by atomic mass is 10.0. The molecule has 0 spiro atoms. The maximum absolute atomic E-state index is 11.1. The monoisotopic (exact) mass is 341 g/mol. The van der Waals surface area contributed by atoms with E-state index in [1.165, 1.54) is 0 Å². The van der Waals surface area contributed by atoms with Crippen LogP contribution in [0.5, 0.6) is 0 Å². The first-order chi connectivity index (χ1) is 11.4. The molecule has 24 heavy (non-hydrogen) atoms. The molecule has 122 valence electrons. The first-order valence-corrected chi connectivity index (χ1v) is 7.88. The van der Waals surface area contributed by atoms with Crippen LogP contribution in [-0.2, 0) is 9.53 Å². The third kappa shape index (κ3) is 2.99. The number of nitriles is 1. The minimum absolute atomic E-state index is 0.151. The van der Waals surface area contributed by atoms with E-state index in [1.807, 2.05) is 44.2 Å².